The van der Waals surface area contributed by atoms with E-state index in [1.807, 2.05) is 24.3 Å². The number of piperidine rings is 1. The van der Waals surface area contributed by atoms with E-state index in [9.17, 15) is 0 Å². The summed E-state index contributed by atoms with van der Waals surface area (Å²) in [5, 5.41) is 11.6. The topological polar surface area (TPSA) is 53.9 Å². The molecule has 3 rings (SSSR count). The number of para-hydroxylation sites is 1. The lowest BCUT2D eigenvalue weighted by Gasteiger charge is -2.38. The van der Waals surface area contributed by atoms with E-state index in [-0.39, 0.29) is 0 Å². The van der Waals surface area contributed by atoms with Crippen LogP contribution in [-0.2, 0) is 0 Å². The largest absolute Gasteiger partial charge is 0.352 e. The van der Waals surface area contributed by atoms with Crippen LogP contribution in [-0.4, -0.2) is 45.3 Å². The molecule has 0 aliphatic carbocycles. The summed E-state index contributed by atoms with van der Waals surface area (Å²) in [6.45, 7) is 6.53. The lowest BCUT2D eigenvalue weighted by Crippen LogP contribution is -2.45. The number of rotatable bonds is 4. The van der Waals surface area contributed by atoms with E-state index in [0.29, 0.717) is 18.0 Å². The fourth-order valence-electron chi connectivity index (χ4n) is 3.17. The smallest absolute Gasteiger partial charge is 0.243 e. The zero-order chi connectivity index (χ0) is 14.7. The first-order valence-electron chi connectivity index (χ1n) is 7.83. The molecule has 0 bridgehead atoms. The van der Waals surface area contributed by atoms with Crippen LogP contribution < -0.4 is 5.32 Å². The van der Waals surface area contributed by atoms with E-state index < -0.39 is 0 Å². The molecule has 0 spiro atoms. The summed E-state index contributed by atoms with van der Waals surface area (Å²) in [5.74, 6) is 0.617. The van der Waals surface area contributed by atoms with Gasteiger partial charge in [-0.25, -0.2) is 4.98 Å². The first-order chi connectivity index (χ1) is 10.2. The molecule has 1 saturated heterocycles. The van der Waals surface area contributed by atoms with Crippen LogP contribution in [0.25, 0.3) is 11.0 Å². The molecule has 1 aromatic heterocycles. The van der Waals surface area contributed by atoms with Gasteiger partial charge in [0.2, 0.25) is 5.95 Å². The van der Waals surface area contributed by atoms with Gasteiger partial charge < -0.3 is 5.32 Å². The van der Waals surface area contributed by atoms with Gasteiger partial charge in [0.05, 0.1) is 5.52 Å². The van der Waals surface area contributed by atoms with Gasteiger partial charge in [-0.1, -0.05) is 18.6 Å². The van der Waals surface area contributed by atoms with Crippen molar-refractivity contribution in [3.8, 4) is 0 Å². The van der Waals surface area contributed by atoms with E-state index in [1.165, 1.54) is 19.3 Å². The molecule has 21 heavy (non-hydrogen) atoms. The van der Waals surface area contributed by atoms with Gasteiger partial charge in [0.25, 0.3) is 0 Å². The number of fused-ring (bicyclic) bond motifs is 1. The second-order valence-electron chi connectivity index (χ2n) is 5.92. The quantitative estimate of drug-likeness (QED) is 0.936. The Hall–Kier alpha value is -1.75. The van der Waals surface area contributed by atoms with Crippen LogP contribution in [0.2, 0.25) is 0 Å². The number of anilines is 1. The van der Waals surface area contributed by atoms with Gasteiger partial charge in [-0.2, -0.15) is 0 Å². The number of benzene rings is 1. The Bertz CT molecular complexity index is 590. The Balaban J connectivity index is 1.58. The van der Waals surface area contributed by atoms with Crippen molar-refractivity contribution in [2.75, 3.05) is 18.4 Å². The molecule has 2 heterocycles. The van der Waals surface area contributed by atoms with Gasteiger partial charge in [0, 0.05) is 25.2 Å². The summed E-state index contributed by atoms with van der Waals surface area (Å²) in [5.41, 5.74) is 1.72. The lowest BCUT2D eigenvalue weighted by molar-refractivity contribution is 0.109. The third-order valence-electron chi connectivity index (χ3n) is 4.39. The average Bonchev–Trinajstić information content (AvgIpc) is 2.50. The first kappa shape index (κ1) is 14.2. The summed E-state index contributed by atoms with van der Waals surface area (Å²) in [4.78, 5) is 7.07. The maximum atomic E-state index is 4.49. The Morgan fingerprint density at radius 2 is 1.81 bits per heavy atom. The van der Waals surface area contributed by atoms with Crippen molar-refractivity contribution in [3.05, 3.63) is 24.3 Å². The molecule has 5 nitrogen and oxygen atoms in total. The normalized spacial score (nSPS) is 23.3. The zero-order valence-electron chi connectivity index (χ0n) is 12.8. The standard InChI is InChI=1S/C16H23N5/c1-12-6-5-7-13(2)21(12)11-10-17-16-18-14-8-3-4-9-15(14)19-20-16/h3-4,8-9,12-13H,5-7,10-11H2,1-2H3,(H,17,18,20). The van der Waals surface area contributed by atoms with Crippen LogP contribution in [0, 0.1) is 0 Å². The molecule has 5 heteroatoms. The van der Waals surface area contributed by atoms with Crippen molar-refractivity contribution in [2.45, 2.75) is 45.2 Å². The number of hydrogen-bond donors (Lipinski definition) is 1. The molecule has 112 valence electrons. The molecule has 2 aromatic rings. The van der Waals surface area contributed by atoms with Crippen LogP contribution in [0.1, 0.15) is 33.1 Å². The second kappa shape index (κ2) is 6.35. The fraction of sp³-hybridized carbons (Fsp3) is 0.562. The van der Waals surface area contributed by atoms with E-state index in [4.69, 9.17) is 0 Å². The first-order valence-corrected chi connectivity index (χ1v) is 7.83. The number of aromatic nitrogens is 3. The van der Waals surface area contributed by atoms with Crippen molar-refractivity contribution in [3.63, 3.8) is 0 Å². The molecule has 0 amide bonds. The van der Waals surface area contributed by atoms with E-state index in [1.54, 1.807) is 0 Å². The van der Waals surface area contributed by atoms with Crippen LogP contribution in [0.5, 0.6) is 0 Å². The summed E-state index contributed by atoms with van der Waals surface area (Å²) in [7, 11) is 0. The molecule has 2 unspecified atom stereocenters. The molecule has 2 atom stereocenters. The average molecular weight is 285 g/mol. The van der Waals surface area contributed by atoms with Crippen LogP contribution in [0.4, 0.5) is 5.95 Å². The van der Waals surface area contributed by atoms with Crippen molar-refractivity contribution in [2.24, 2.45) is 0 Å². The van der Waals surface area contributed by atoms with Gasteiger partial charge in [-0.05, 0) is 38.8 Å². The zero-order valence-corrected chi connectivity index (χ0v) is 12.8. The molecule has 1 aliphatic heterocycles. The van der Waals surface area contributed by atoms with Crippen molar-refractivity contribution in [1.29, 1.82) is 0 Å². The minimum Gasteiger partial charge on any atom is -0.352 e. The number of hydrogen-bond acceptors (Lipinski definition) is 5. The van der Waals surface area contributed by atoms with Gasteiger partial charge in [-0.15, -0.1) is 10.2 Å². The monoisotopic (exact) mass is 285 g/mol. The maximum Gasteiger partial charge on any atom is 0.243 e. The highest BCUT2D eigenvalue weighted by molar-refractivity contribution is 5.73. The summed E-state index contributed by atoms with van der Waals surface area (Å²) >= 11 is 0. The number of nitrogens with one attached hydrogen (secondary N) is 1. The minimum atomic E-state index is 0.617. The molecule has 1 aliphatic rings. The third-order valence-corrected chi connectivity index (χ3v) is 4.39. The Morgan fingerprint density at radius 3 is 2.57 bits per heavy atom. The fourth-order valence-corrected chi connectivity index (χ4v) is 3.17. The van der Waals surface area contributed by atoms with Crippen molar-refractivity contribution >= 4 is 17.0 Å². The van der Waals surface area contributed by atoms with Gasteiger partial charge >= 0.3 is 0 Å². The molecular formula is C16H23N5. The third kappa shape index (κ3) is 3.29. The van der Waals surface area contributed by atoms with Crippen LogP contribution >= 0.6 is 0 Å². The van der Waals surface area contributed by atoms with Crippen LogP contribution in [0.15, 0.2) is 24.3 Å². The Labute approximate surface area is 125 Å². The van der Waals surface area contributed by atoms with Crippen molar-refractivity contribution < 1.29 is 0 Å². The molecule has 1 N–H and O–H groups in total. The number of nitrogens with zero attached hydrogens (tertiary/aromatic N) is 4. The minimum absolute atomic E-state index is 0.617. The number of likely N-dealkylation sites (tertiary alicyclic amines) is 1. The molecule has 1 fully saturated rings. The Kier molecular flexibility index (Phi) is 4.29. The molecular weight excluding hydrogens is 262 g/mol. The van der Waals surface area contributed by atoms with Crippen LogP contribution in [0.3, 0.4) is 0 Å². The van der Waals surface area contributed by atoms with E-state index >= 15 is 0 Å². The molecule has 1 aromatic carbocycles. The maximum absolute atomic E-state index is 4.49. The highest BCUT2D eigenvalue weighted by Gasteiger charge is 2.23. The lowest BCUT2D eigenvalue weighted by atomic mass is 9.98. The Morgan fingerprint density at radius 1 is 1.10 bits per heavy atom. The predicted octanol–water partition coefficient (Wildman–Crippen LogP) is 2.70. The van der Waals surface area contributed by atoms with E-state index in [2.05, 4.69) is 39.2 Å². The van der Waals surface area contributed by atoms with Gasteiger partial charge in [0.1, 0.15) is 5.52 Å². The summed E-state index contributed by atoms with van der Waals surface area (Å²) in [6.07, 6.45) is 3.96. The van der Waals surface area contributed by atoms with Gasteiger partial charge in [0.15, 0.2) is 0 Å². The highest BCUT2D eigenvalue weighted by atomic mass is 15.3. The second-order valence-corrected chi connectivity index (χ2v) is 5.92. The van der Waals surface area contributed by atoms with Crippen molar-refractivity contribution in [1.82, 2.24) is 20.1 Å². The van der Waals surface area contributed by atoms with E-state index in [0.717, 1.165) is 24.1 Å². The molecule has 0 saturated carbocycles. The SMILES string of the molecule is CC1CCCC(C)N1CCNc1nnc2ccccc2n1. The molecule has 0 radical (unpaired) electrons. The summed E-state index contributed by atoms with van der Waals surface area (Å²) in [6, 6.07) is 9.15. The summed E-state index contributed by atoms with van der Waals surface area (Å²) < 4.78 is 0. The predicted molar refractivity (Wildman–Crippen MR) is 85.3 cm³/mol. The van der Waals surface area contributed by atoms with Gasteiger partial charge in [-0.3, -0.25) is 4.90 Å². The highest BCUT2D eigenvalue weighted by Crippen LogP contribution is 2.21.